The minimum Gasteiger partial charge on any atom is -1.00 e. The zero-order chi connectivity index (χ0) is 8.08. The standard InChI is InChI=1S/C3H9Si.2Na.H3O4P.2H/c1-4(2)3;;;1-5(2,3)4;;/h1-3H3;;;(H3,1,2,3,4);;/q;2*+1;;2*-1. The maximum absolute atomic E-state index is 8.88. The maximum atomic E-state index is 8.88. The Morgan fingerprint density at radius 2 is 1.09 bits per heavy atom. The summed E-state index contributed by atoms with van der Waals surface area (Å²) in [5.41, 5.74) is 0. The predicted octanol–water partition coefficient (Wildman–Crippen LogP) is -5.32. The van der Waals surface area contributed by atoms with Crippen LogP contribution in [0.4, 0.5) is 0 Å². The van der Waals surface area contributed by atoms with E-state index in [4.69, 9.17) is 19.2 Å². The van der Waals surface area contributed by atoms with Crippen molar-refractivity contribution in [1.29, 1.82) is 0 Å². The molecule has 4 nitrogen and oxygen atoms in total. The quantitative estimate of drug-likeness (QED) is 0.281. The van der Waals surface area contributed by atoms with Gasteiger partial charge in [0.25, 0.3) is 0 Å². The van der Waals surface area contributed by atoms with E-state index >= 15 is 0 Å². The summed E-state index contributed by atoms with van der Waals surface area (Å²) in [6.45, 7) is 6.81. The molecule has 0 amide bonds. The van der Waals surface area contributed by atoms with Gasteiger partial charge in [0, 0.05) is 8.80 Å². The molecule has 0 unspecified atom stereocenters. The molecule has 0 aromatic rings. The molecule has 0 fully saturated rings. The van der Waals surface area contributed by atoms with E-state index in [1.807, 2.05) is 0 Å². The van der Waals surface area contributed by atoms with Crippen molar-refractivity contribution in [3.8, 4) is 0 Å². The summed E-state index contributed by atoms with van der Waals surface area (Å²) in [4.78, 5) is 21.6. The predicted molar refractivity (Wildman–Crippen MR) is 39.8 cm³/mol. The summed E-state index contributed by atoms with van der Waals surface area (Å²) >= 11 is 0. The summed E-state index contributed by atoms with van der Waals surface area (Å²) in [6, 6.07) is 0. The Kier molecular flexibility index (Phi) is 26.1. The Labute approximate surface area is 116 Å². The van der Waals surface area contributed by atoms with Crippen molar-refractivity contribution in [2.75, 3.05) is 0 Å². The fourth-order valence-electron chi connectivity index (χ4n) is 0. The van der Waals surface area contributed by atoms with Gasteiger partial charge in [0.2, 0.25) is 0 Å². The number of hydrogen-bond acceptors (Lipinski definition) is 1. The van der Waals surface area contributed by atoms with Crippen molar-refractivity contribution >= 4 is 16.6 Å². The summed E-state index contributed by atoms with van der Waals surface area (Å²) < 4.78 is 8.88. The average Bonchev–Trinajstić information content (AvgIpc) is 1.19. The molecular weight excluding hydrogens is 205 g/mol. The van der Waals surface area contributed by atoms with Gasteiger partial charge in [-0.15, -0.1) is 0 Å². The second-order valence-electron chi connectivity index (χ2n) is 2.01. The van der Waals surface area contributed by atoms with Gasteiger partial charge in [0.05, 0.1) is 0 Å². The van der Waals surface area contributed by atoms with Gasteiger partial charge in [-0.05, 0) is 0 Å². The van der Waals surface area contributed by atoms with Crippen molar-refractivity contribution < 1.29 is 81.2 Å². The minimum absolute atomic E-state index is 0. The van der Waals surface area contributed by atoms with Gasteiger partial charge in [0.1, 0.15) is 0 Å². The second-order valence-corrected chi connectivity index (χ2v) is 6.04. The van der Waals surface area contributed by atoms with E-state index in [0.29, 0.717) is 0 Å². The molecule has 61 valence electrons. The summed E-state index contributed by atoms with van der Waals surface area (Å²) in [7, 11) is -4.52. The Morgan fingerprint density at radius 3 is 1.09 bits per heavy atom. The fraction of sp³-hybridized carbons (Fsp3) is 1.00. The summed E-state index contributed by atoms with van der Waals surface area (Å²) in [6.07, 6.45) is 0. The molecule has 8 heteroatoms. The smallest absolute Gasteiger partial charge is 1.00 e. The van der Waals surface area contributed by atoms with Crippen LogP contribution >= 0.6 is 7.82 Å². The minimum atomic E-state index is -4.64. The van der Waals surface area contributed by atoms with E-state index in [1.165, 1.54) is 0 Å². The van der Waals surface area contributed by atoms with Crippen molar-refractivity contribution in [2.24, 2.45) is 0 Å². The van der Waals surface area contributed by atoms with Crippen molar-refractivity contribution in [3.05, 3.63) is 0 Å². The van der Waals surface area contributed by atoms with Gasteiger partial charge in [-0.25, -0.2) is 4.57 Å². The first kappa shape index (κ1) is 23.3. The normalized spacial score (nSPS) is 8.64. The molecule has 0 saturated heterocycles. The van der Waals surface area contributed by atoms with E-state index in [0.717, 1.165) is 0 Å². The first-order valence-corrected chi connectivity index (χ1v) is 6.85. The van der Waals surface area contributed by atoms with Crippen LogP contribution in [-0.2, 0) is 4.57 Å². The zero-order valence-electron chi connectivity index (χ0n) is 9.70. The molecule has 0 rings (SSSR count). The Balaban J connectivity index is -0.0000000146. The molecule has 0 aromatic heterocycles. The molecule has 0 heterocycles. The number of hydrogen-bond donors (Lipinski definition) is 3. The molecule has 0 aliphatic carbocycles. The molecule has 0 aliphatic heterocycles. The molecule has 0 atom stereocenters. The van der Waals surface area contributed by atoms with E-state index < -0.39 is 7.82 Å². The van der Waals surface area contributed by atoms with Crippen LogP contribution in [0, 0.1) is 0 Å². The SMILES string of the molecule is C[Si](C)C.O=P(O)(O)O.[H-].[H-].[Na+].[Na+]. The molecule has 0 aromatic carbocycles. The molecule has 0 saturated carbocycles. The Morgan fingerprint density at radius 1 is 1.09 bits per heavy atom. The summed E-state index contributed by atoms with van der Waals surface area (Å²) in [5.74, 6) is 0. The third-order valence-electron chi connectivity index (χ3n) is 0. The second kappa shape index (κ2) is 12.3. The topological polar surface area (TPSA) is 77.8 Å². The van der Waals surface area contributed by atoms with Crippen LogP contribution < -0.4 is 59.1 Å². The molecule has 11 heavy (non-hydrogen) atoms. The van der Waals surface area contributed by atoms with Crippen LogP contribution in [0.15, 0.2) is 0 Å². The monoisotopic (exact) mass is 219 g/mol. The first-order chi connectivity index (χ1) is 3.73. The van der Waals surface area contributed by atoms with Gasteiger partial charge in [-0.3, -0.25) is 0 Å². The molecular formula is C3H14Na2O4PSi. The van der Waals surface area contributed by atoms with E-state index in [9.17, 15) is 0 Å². The van der Waals surface area contributed by atoms with E-state index in [1.54, 1.807) is 0 Å². The van der Waals surface area contributed by atoms with Gasteiger partial charge in [-0.1, -0.05) is 19.6 Å². The van der Waals surface area contributed by atoms with Gasteiger partial charge in [0.15, 0.2) is 0 Å². The van der Waals surface area contributed by atoms with Crippen LogP contribution in [-0.4, -0.2) is 23.5 Å². The zero-order valence-corrected chi connectivity index (χ0v) is 13.6. The van der Waals surface area contributed by atoms with Crippen LogP contribution in [0.1, 0.15) is 2.85 Å². The number of phosphoric acid groups is 1. The molecule has 1 radical (unpaired) electrons. The van der Waals surface area contributed by atoms with E-state index in [-0.39, 0.29) is 70.8 Å². The average molecular weight is 219 g/mol. The van der Waals surface area contributed by atoms with Gasteiger partial charge < -0.3 is 17.5 Å². The van der Waals surface area contributed by atoms with Crippen molar-refractivity contribution in [3.63, 3.8) is 0 Å². The van der Waals surface area contributed by atoms with Crippen molar-refractivity contribution in [2.45, 2.75) is 19.6 Å². The third-order valence-corrected chi connectivity index (χ3v) is 0. The van der Waals surface area contributed by atoms with Crippen molar-refractivity contribution in [1.82, 2.24) is 0 Å². The van der Waals surface area contributed by atoms with Gasteiger partial charge >= 0.3 is 66.9 Å². The largest absolute Gasteiger partial charge is 1.00 e. The molecule has 0 bridgehead atoms. The number of rotatable bonds is 0. The van der Waals surface area contributed by atoms with E-state index in [2.05, 4.69) is 19.6 Å². The third kappa shape index (κ3) is 243. The molecule has 3 N–H and O–H groups in total. The maximum Gasteiger partial charge on any atom is 1.00 e. The van der Waals surface area contributed by atoms with Crippen LogP contribution in [0.2, 0.25) is 19.6 Å². The Bertz CT molecular complexity index is 103. The van der Waals surface area contributed by atoms with Crippen LogP contribution in [0.25, 0.3) is 0 Å². The molecule has 0 spiro atoms. The molecule has 0 aliphatic rings. The Hall–Kier alpha value is 2.33. The van der Waals surface area contributed by atoms with Crippen LogP contribution in [0.5, 0.6) is 0 Å². The van der Waals surface area contributed by atoms with Gasteiger partial charge in [-0.2, -0.15) is 0 Å². The summed E-state index contributed by atoms with van der Waals surface area (Å²) in [5, 5.41) is 0. The van der Waals surface area contributed by atoms with Crippen LogP contribution in [0.3, 0.4) is 0 Å². The fourth-order valence-corrected chi connectivity index (χ4v) is 0. The first-order valence-electron chi connectivity index (χ1n) is 2.28.